The van der Waals surface area contributed by atoms with Crippen LogP contribution in [0.3, 0.4) is 0 Å². The molecule has 0 spiro atoms. The molecule has 0 bridgehead atoms. The van der Waals surface area contributed by atoms with Gasteiger partial charge >= 0.3 is 0 Å². The zero-order valence-corrected chi connectivity index (χ0v) is 7.96. The number of rotatable bonds is 2. The predicted molar refractivity (Wildman–Crippen MR) is 48.4 cm³/mol. The molecule has 2 atom stereocenters. The van der Waals surface area contributed by atoms with Gasteiger partial charge in [0.15, 0.2) is 0 Å². The van der Waals surface area contributed by atoms with Crippen LogP contribution in [0.2, 0.25) is 0 Å². The van der Waals surface area contributed by atoms with Crippen LogP contribution in [-0.2, 0) is 9.59 Å². The van der Waals surface area contributed by atoms with Crippen LogP contribution in [0.15, 0.2) is 0 Å². The molecule has 0 radical (unpaired) electrons. The minimum absolute atomic E-state index is 0.133. The van der Waals surface area contributed by atoms with Crippen molar-refractivity contribution in [2.75, 3.05) is 0 Å². The van der Waals surface area contributed by atoms with Crippen molar-refractivity contribution < 1.29 is 14.0 Å². The molecule has 2 aliphatic carbocycles. The summed E-state index contributed by atoms with van der Waals surface area (Å²) in [5.74, 6) is -0.192. The third-order valence-corrected chi connectivity index (χ3v) is 3.08. The lowest BCUT2D eigenvalue weighted by molar-refractivity contribution is -0.138. The molecule has 0 aromatic carbocycles. The number of hydrogen-bond donors (Lipinski definition) is 1. The first-order chi connectivity index (χ1) is 6.66. The fourth-order valence-corrected chi connectivity index (χ4v) is 2.05. The molecule has 2 aliphatic rings. The van der Waals surface area contributed by atoms with E-state index in [1.807, 2.05) is 0 Å². The molecule has 1 amide bonds. The Kier molecular flexibility index (Phi) is 2.52. The zero-order chi connectivity index (χ0) is 10.1. The zero-order valence-electron chi connectivity index (χ0n) is 7.96. The van der Waals surface area contributed by atoms with Crippen molar-refractivity contribution in [1.29, 1.82) is 0 Å². The first kappa shape index (κ1) is 9.62. The second-order valence-corrected chi connectivity index (χ2v) is 4.21. The number of carbonyl (C=O) groups excluding carboxylic acids is 2. The van der Waals surface area contributed by atoms with Crippen molar-refractivity contribution >= 4 is 11.7 Å². The van der Waals surface area contributed by atoms with E-state index in [4.69, 9.17) is 0 Å². The van der Waals surface area contributed by atoms with Gasteiger partial charge in [-0.15, -0.1) is 0 Å². The highest BCUT2D eigenvalue weighted by molar-refractivity contribution is 5.96. The molecule has 0 heterocycles. The molecular formula is C10H14FNO2. The number of Topliss-reactive ketones (excluding diaryl/α,β-unsaturated/α-hetero) is 1. The van der Waals surface area contributed by atoms with Crippen LogP contribution >= 0.6 is 0 Å². The van der Waals surface area contributed by atoms with E-state index < -0.39 is 6.17 Å². The highest BCUT2D eigenvalue weighted by Crippen LogP contribution is 2.26. The minimum atomic E-state index is -0.894. The third kappa shape index (κ3) is 1.79. The fourth-order valence-electron chi connectivity index (χ4n) is 2.05. The largest absolute Gasteiger partial charge is 0.350 e. The Morgan fingerprint density at radius 2 is 2.07 bits per heavy atom. The van der Waals surface area contributed by atoms with Gasteiger partial charge in [-0.2, -0.15) is 0 Å². The summed E-state index contributed by atoms with van der Waals surface area (Å²) in [6.45, 7) is 0. The molecule has 0 saturated heterocycles. The van der Waals surface area contributed by atoms with E-state index in [0.717, 1.165) is 12.8 Å². The molecule has 14 heavy (non-hydrogen) atoms. The normalized spacial score (nSPS) is 32.8. The molecule has 0 aromatic rings. The van der Waals surface area contributed by atoms with Crippen LogP contribution in [-0.4, -0.2) is 23.9 Å². The Labute approximate surface area is 82.1 Å². The lowest BCUT2D eigenvalue weighted by atomic mass is 9.83. The van der Waals surface area contributed by atoms with E-state index in [9.17, 15) is 14.0 Å². The minimum Gasteiger partial charge on any atom is -0.350 e. The summed E-state index contributed by atoms with van der Waals surface area (Å²) in [7, 11) is 0. The molecule has 2 fully saturated rings. The SMILES string of the molecule is O=C1CC(C(=O)N[C@@H]2CCC[C@H]2F)C1. The average Bonchev–Trinajstić information content (AvgIpc) is 2.46. The van der Waals surface area contributed by atoms with Crippen molar-refractivity contribution in [1.82, 2.24) is 5.32 Å². The average molecular weight is 199 g/mol. The van der Waals surface area contributed by atoms with Crippen molar-refractivity contribution in [2.24, 2.45) is 5.92 Å². The summed E-state index contributed by atoms with van der Waals surface area (Å²) < 4.78 is 13.1. The van der Waals surface area contributed by atoms with Crippen LogP contribution < -0.4 is 5.32 Å². The van der Waals surface area contributed by atoms with E-state index in [1.54, 1.807) is 0 Å². The van der Waals surface area contributed by atoms with Gasteiger partial charge < -0.3 is 5.32 Å². The molecule has 2 saturated carbocycles. The van der Waals surface area contributed by atoms with Gasteiger partial charge in [-0.1, -0.05) is 0 Å². The van der Waals surface area contributed by atoms with E-state index >= 15 is 0 Å². The Hall–Kier alpha value is -0.930. The van der Waals surface area contributed by atoms with Crippen LogP contribution in [0.25, 0.3) is 0 Å². The maximum absolute atomic E-state index is 13.1. The van der Waals surface area contributed by atoms with Gasteiger partial charge in [0.2, 0.25) is 5.91 Å². The number of amides is 1. The number of hydrogen-bond acceptors (Lipinski definition) is 2. The lowest BCUT2D eigenvalue weighted by Gasteiger charge is -2.25. The van der Waals surface area contributed by atoms with Gasteiger partial charge in [-0.25, -0.2) is 4.39 Å². The number of carbonyl (C=O) groups is 2. The topological polar surface area (TPSA) is 46.2 Å². The van der Waals surface area contributed by atoms with E-state index in [1.165, 1.54) is 0 Å². The molecular weight excluding hydrogens is 185 g/mol. The van der Waals surface area contributed by atoms with Gasteiger partial charge in [-0.3, -0.25) is 9.59 Å². The second kappa shape index (κ2) is 3.67. The highest BCUT2D eigenvalue weighted by atomic mass is 19.1. The Morgan fingerprint density at radius 1 is 1.36 bits per heavy atom. The summed E-state index contributed by atoms with van der Waals surface area (Å²) >= 11 is 0. The van der Waals surface area contributed by atoms with Crippen LogP contribution in [0.4, 0.5) is 4.39 Å². The smallest absolute Gasteiger partial charge is 0.224 e. The predicted octanol–water partition coefficient (Wildman–Crippen LogP) is 0.972. The maximum Gasteiger partial charge on any atom is 0.224 e. The van der Waals surface area contributed by atoms with Crippen LogP contribution in [0.5, 0.6) is 0 Å². The molecule has 4 heteroatoms. The summed E-state index contributed by atoms with van der Waals surface area (Å²) in [5.41, 5.74) is 0. The standard InChI is InChI=1S/C10H14FNO2/c11-8-2-1-3-9(8)12-10(14)6-4-7(13)5-6/h6,8-9H,1-5H2,(H,12,14)/t8-,9-/m1/s1. The van der Waals surface area contributed by atoms with Gasteiger partial charge in [0, 0.05) is 12.8 Å². The van der Waals surface area contributed by atoms with Gasteiger partial charge in [0.1, 0.15) is 12.0 Å². The molecule has 1 N–H and O–H groups in total. The lowest BCUT2D eigenvalue weighted by Crippen LogP contribution is -2.45. The van der Waals surface area contributed by atoms with Crippen molar-refractivity contribution in [3.63, 3.8) is 0 Å². The van der Waals surface area contributed by atoms with Gasteiger partial charge in [0.25, 0.3) is 0 Å². The van der Waals surface area contributed by atoms with E-state index in [0.29, 0.717) is 19.3 Å². The highest BCUT2D eigenvalue weighted by Gasteiger charge is 2.36. The monoisotopic (exact) mass is 199 g/mol. The van der Waals surface area contributed by atoms with Gasteiger partial charge in [0.05, 0.1) is 12.0 Å². The second-order valence-electron chi connectivity index (χ2n) is 4.21. The fraction of sp³-hybridized carbons (Fsp3) is 0.800. The molecule has 3 nitrogen and oxygen atoms in total. The molecule has 0 unspecified atom stereocenters. The quantitative estimate of drug-likeness (QED) is 0.720. The molecule has 2 rings (SSSR count). The Balaban J connectivity index is 1.79. The third-order valence-electron chi connectivity index (χ3n) is 3.08. The first-order valence-corrected chi connectivity index (χ1v) is 5.13. The van der Waals surface area contributed by atoms with Crippen molar-refractivity contribution in [2.45, 2.75) is 44.3 Å². The number of nitrogens with one attached hydrogen (secondary N) is 1. The first-order valence-electron chi connectivity index (χ1n) is 5.13. The van der Waals surface area contributed by atoms with Crippen molar-refractivity contribution in [3.05, 3.63) is 0 Å². The Morgan fingerprint density at radius 3 is 2.57 bits per heavy atom. The molecule has 78 valence electrons. The number of ketones is 1. The number of halogens is 1. The van der Waals surface area contributed by atoms with Crippen LogP contribution in [0.1, 0.15) is 32.1 Å². The van der Waals surface area contributed by atoms with Crippen LogP contribution in [0, 0.1) is 5.92 Å². The maximum atomic E-state index is 13.1. The summed E-state index contributed by atoms with van der Waals surface area (Å²) in [5, 5.41) is 2.68. The molecule has 0 aromatic heterocycles. The Bertz CT molecular complexity index is 259. The number of alkyl halides is 1. The van der Waals surface area contributed by atoms with Crippen molar-refractivity contribution in [3.8, 4) is 0 Å². The molecule has 0 aliphatic heterocycles. The van der Waals surface area contributed by atoms with E-state index in [2.05, 4.69) is 5.32 Å². The van der Waals surface area contributed by atoms with Gasteiger partial charge in [-0.05, 0) is 19.3 Å². The summed E-state index contributed by atoms with van der Waals surface area (Å²) in [4.78, 5) is 22.1. The summed E-state index contributed by atoms with van der Waals surface area (Å²) in [6, 6.07) is -0.307. The summed E-state index contributed by atoms with van der Waals surface area (Å²) in [6.07, 6.45) is 1.91. The van der Waals surface area contributed by atoms with E-state index in [-0.39, 0.29) is 23.7 Å².